The molecule has 1 aromatic carbocycles. The van der Waals surface area contributed by atoms with Crippen molar-refractivity contribution in [2.24, 2.45) is 11.8 Å². The van der Waals surface area contributed by atoms with Gasteiger partial charge in [-0.1, -0.05) is 0 Å². The third-order valence-corrected chi connectivity index (χ3v) is 5.14. The molecule has 2 amide bonds. The van der Waals surface area contributed by atoms with Gasteiger partial charge in [-0.25, -0.2) is 4.79 Å². The van der Waals surface area contributed by atoms with E-state index in [1.54, 1.807) is 24.3 Å². The number of hydrogen-bond acceptors (Lipinski definition) is 3. The lowest BCUT2D eigenvalue weighted by Crippen LogP contribution is -2.56. The van der Waals surface area contributed by atoms with E-state index in [9.17, 15) is 9.59 Å². The molecule has 0 radical (unpaired) electrons. The fraction of sp³-hybridized carbons (Fsp3) is 0.474. The zero-order chi connectivity index (χ0) is 17.1. The van der Waals surface area contributed by atoms with Crippen LogP contribution in [0.1, 0.15) is 30.1 Å². The van der Waals surface area contributed by atoms with Gasteiger partial charge in [0.2, 0.25) is 0 Å². The molecule has 4 atom stereocenters. The molecule has 5 heteroatoms. The third kappa shape index (κ3) is 3.60. The minimum absolute atomic E-state index is 0.0117. The number of hydrogen-bond donors (Lipinski definition) is 2. The molecule has 1 aromatic rings. The minimum atomic E-state index is -0.221. The van der Waals surface area contributed by atoms with Crippen LogP contribution >= 0.6 is 0 Å². The monoisotopic (exact) mass is 325 g/mol. The molecule has 0 aliphatic carbocycles. The summed E-state index contributed by atoms with van der Waals surface area (Å²) in [7, 11) is 0. The Bertz CT molecular complexity index is 662. The minimum Gasteiger partial charge on any atom is -0.336 e. The van der Waals surface area contributed by atoms with Crippen LogP contribution in [0.5, 0.6) is 0 Å². The number of ketones is 1. The zero-order valence-corrected chi connectivity index (χ0v) is 13.9. The quantitative estimate of drug-likeness (QED) is 0.660. The van der Waals surface area contributed by atoms with Gasteiger partial charge in [-0.05, 0) is 56.5 Å². The molecule has 5 nitrogen and oxygen atoms in total. The molecular formula is C19H23N3O2. The molecule has 3 saturated heterocycles. The summed E-state index contributed by atoms with van der Waals surface area (Å²) in [6, 6.07) is 7.05. The summed E-state index contributed by atoms with van der Waals surface area (Å²) in [4.78, 5) is 25.7. The number of carbonyl (C=O) groups excluding carboxylic acids is 2. The number of carbonyl (C=O) groups is 2. The lowest BCUT2D eigenvalue weighted by molar-refractivity contribution is 0.0242. The Hall–Kier alpha value is -2.32. The van der Waals surface area contributed by atoms with Gasteiger partial charge in [-0.3, -0.25) is 9.69 Å². The van der Waals surface area contributed by atoms with Gasteiger partial charge in [0.05, 0.1) is 0 Å². The number of nitrogens with one attached hydrogen (secondary N) is 2. The molecule has 2 bridgehead atoms. The maximum Gasteiger partial charge on any atom is 0.319 e. The van der Waals surface area contributed by atoms with Crippen molar-refractivity contribution in [1.29, 1.82) is 0 Å². The molecule has 0 spiro atoms. The van der Waals surface area contributed by atoms with Crippen molar-refractivity contribution in [3.05, 3.63) is 29.8 Å². The Balaban J connectivity index is 1.48. The van der Waals surface area contributed by atoms with Crippen molar-refractivity contribution in [3.8, 4) is 12.3 Å². The normalized spacial score (nSPS) is 28.0. The number of rotatable bonds is 4. The van der Waals surface area contributed by atoms with E-state index in [0.29, 0.717) is 35.7 Å². The molecule has 3 aliphatic heterocycles. The predicted octanol–water partition coefficient (Wildman–Crippen LogP) is 2.35. The standard InChI is InChI=1S/C19H23N3O2/c1-3-14-12-22-9-8-16(14)10-18(22)11-20-19(24)21-17-6-4-15(5-7-17)13(2)23/h1,4-7,14,16,18H,8-12H2,2H3,(H2,20,21,24). The van der Waals surface area contributed by atoms with Crippen molar-refractivity contribution in [2.75, 3.05) is 25.0 Å². The van der Waals surface area contributed by atoms with Crippen LogP contribution in [0.2, 0.25) is 0 Å². The van der Waals surface area contributed by atoms with E-state index in [1.165, 1.54) is 13.3 Å². The number of nitrogens with zero attached hydrogens (tertiary/aromatic N) is 1. The molecule has 4 rings (SSSR count). The zero-order valence-electron chi connectivity index (χ0n) is 13.9. The van der Waals surface area contributed by atoms with Crippen molar-refractivity contribution in [1.82, 2.24) is 10.2 Å². The summed E-state index contributed by atoms with van der Waals surface area (Å²) >= 11 is 0. The summed E-state index contributed by atoms with van der Waals surface area (Å²) in [6.45, 7) is 4.17. The van der Waals surface area contributed by atoms with E-state index in [0.717, 1.165) is 19.5 Å². The van der Waals surface area contributed by atoms with Crippen LogP contribution in [0, 0.1) is 24.2 Å². The Kier molecular flexibility index (Phi) is 4.86. The topological polar surface area (TPSA) is 61.4 Å². The highest BCUT2D eigenvalue weighted by Crippen LogP contribution is 2.35. The summed E-state index contributed by atoms with van der Waals surface area (Å²) in [5, 5.41) is 5.75. The number of amides is 2. The molecule has 3 heterocycles. The highest BCUT2D eigenvalue weighted by atomic mass is 16.2. The second-order valence-corrected chi connectivity index (χ2v) is 6.67. The largest absolute Gasteiger partial charge is 0.336 e. The van der Waals surface area contributed by atoms with E-state index in [2.05, 4.69) is 21.5 Å². The van der Waals surface area contributed by atoms with Crippen LogP contribution in [-0.2, 0) is 0 Å². The van der Waals surface area contributed by atoms with Gasteiger partial charge in [-0.2, -0.15) is 0 Å². The van der Waals surface area contributed by atoms with E-state index in [4.69, 9.17) is 6.42 Å². The number of piperidine rings is 3. The number of terminal acetylenes is 1. The Morgan fingerprint density at radius 2 is 2.08 bits per heavy atom. The van der Waals surface area contributed by atoms with E-state index in [-0.39, 0.29) is 11.8 Å². The van der Waals surface area contributed by atoms with Crippen molar-refractivity contribution in [2.45, 2.75) is 25.8 Å². The number of anilines is 1. The molecule has 3 aliphatic rings. The predicted molar refractivity (Wildman–Crippen MR) is 93.9 cm³/mol. The molecule has 126 valence electrons. The van der Waals surface area contributed by atoms with Crippen LogP contribution in [0.25, 0.3) is 0 Å². The number of benzene rings is 1. The molecule has 2 N–H and O–H groups in total. The number of Topliss-reactive ketones (excluding diaryl/α,β-unsaturated/α-hetero) is 1. The second-order valence-electron chi connectivity index (χ2n) is 6.67. The lowest BCUT2D eigenvalue weighted by Gasteiger charge is -2.48. The fourth-order valence-corrected chi connectivity index (χ4v) is 3.71. The summed E-state index contributed by atoms with van der Waals surface area (Å²) < 4.78 is 0. The average molecular weight is 325 g/mol. The maximum atomic E-state index is 12.1. The first-order valence-electron chi connectivity index (χ1n) is 8.43. The van der Waals surface area contributed by atoms with Gasteiger partial charge >= 0.3 is 6.03 Å². The van der Waals surface area contributed by atoms with Gasteiger partial charge in [0.25, 0.3) is 0 Å². The first-order chi connectivity index (χ1) is 11.6. The Morgan fingerprint density at radius 1 is 1.33 bits per heavy atom. The highest BCUT2D eigenvalue weighted by molar-refractivity contribution is 5.95. The van der Waals surface area contributed by atoms with Crippen molar-refractivity contribution < 1.29 is 9.59 Å². The van der Waals surface area contributed by atoms with Gasteiger partial charge in [0.15, 0.2) is 5.78 Å². The van der Waals surface area contributed by atoms with E-state index in [1.807, 2.05) is 0 Å². The van der Waals surface area contributed by atoms with E-state index >= 15 is 0 Å². The second kappa shape index (κ2) is 7.06. The van der Waals surface area contributed by atoms with Crippen molar-refractivity contribution >= 4 is 17.5 Å². The van der Waals surface area contributed by atoms with Crippen LogP contribution in [-0.4, -0.2) is 42.4 Å². The molecule has 3 fully saturated rings. The van der Waals surface area contributed by atoms with Crippen molar-refractivity contribution in [3.63, 3.8) is 0 Å². The average Bonchev–Trinajstić information content (AvgIpc) is 2.60. The maximum absolute atomic E-state index is 12.1. The van der Waals surface area contributed by atoms with Crippen LogP contribution in [0.15, 0.2) is 24.3 Å². The Morgan fingerprint density at radius 3 is 2.67 bits per heavy atom. The summed E-state index contributed by atoms with van der Waals surface area (Å²) in [5.74, 6) is 3.87. The number of fused-ring (bicyclic) bond motifs is 3. The van der Waals surface area contributed by atoms with Crippen LogP contribution in [0.4, 0.5) is 10.5 Å². The molecule has 24 heavy (non-hydrogen) atoms. The third-order valence-electron chi connectivity index (χ3n) is 5.14. The highest BCUT2D eigenvalue weighted by Gasteiger charge is 2.39. The van der Waals surface area contributed by atoms with Crippen LogP contribution in [0.3, 0.4) is 0 Å². The number of urea groups is 1. The first kappa shape index (κ1) is 16.5. The van der Waals surface area contributed by atoms with Gasteiger partial charge in [-0.15, -0.1) is 12.3 Å². The van der Waals surface area contributed by atoms with Gasteiger partial charge < -0.3 is 10.6 Å². The summed E-state index contributed by atoms with van der Waals surface area (Å²) in [6.07, 6.45) is 7.82. The smallest absolute Gasteiger partial charge is 0.319 e. The SMILES string of the molecule is C#CC1CN2CCC1CC2CNC(=O)Nc1ccc(C(C)=O)cc1. The molecule has 0 saturated carbocycles. The van der Waals surface area contributed by atoms with Crippen LogP contribution < -0.4 is 10.6 Å². The molecule has 4 unspecified atom stereocenters. The first-order valence-corrected chi connectivity index (χ1v) is 8.43. The van der Waals surface area contributed by atoms with Gasteiger partial charge in [0, 0.05) is 36.3 Å². The Labute approximate surface area is 142 Å². The fourth-order valence-electron chi connectivity index (χ4n) is 3.71. The van der Waals surface area contributed by atoms with E-state index < -0.39 is 0 Å². The molecule has 0 aromatic heterocycles. The summed E-state index contributed by atoms with van der Waals surface area (Å²) in [5.41, 5.74) is 1.31. The lowest BCUT2D eigenvalue weighted by atomic mass is 9.76. The van der Waals surface area contributed by atoms with Gasteiger partial charge in [0.1, 0.15) is 0 Å². The molecular weight excluding hydrogens is 302 g/mol.